The molecule has 19 heavy (non-hydrogen) atoms. The van der Waals surface area contributed by atoms with Gasteiger partial charge in [-0.05, 0) is 30.7 Å². The van der Waals surface area contributed by atoms with E-state index in [0.717, 1.165) is 42.1 Å². The van der Waals surface area contributed by atoms with Gasteiger partial charge in [0.2, 0.25) is 0 Å². The van der Waals surface area contributed by atoms with Crippen LogP contribution in [0.15, 0.2) is 28.1 Å². The van der Waals surface area contributed by atoms with Gasteiger partial charge in [-0.2, -0.15) is 0 Å². The third kappa shape index (κ3) is 2.30. The zero-order chi connectivity index (χ0) is 13.2. The SMILES string of the molecule is CCc1cc([C@@H]2CCCN2C(=O)c2cccs2)on1. The number of rotatable bonds is 3. The highest BCUT2D eigenvalue weighted by atomic mass is 32.1. The molecule has 0 radical (unpaired) electrons. The van der Waals surface area contributed by atoms with Crippen molar-refractivity contribution >= 4 is 17.2 Å². The molecule has 0 bridgehead atoms. The Morgan fingerprint density at radius 2 is 2.53 bits per heavy atom. The van der Waals surface area contributed by atoms with Crippen molar-refractivity contribution in [3.05, 3.63) is 39.9 Å². The van der Waals surface area contributed by atoms with Crippen LogP contribution >= 0.6 is 11.3 Å². The molecule has 1 fully saturated rings. The van der Waals surface area contributed by atoms with Crippen molar-refractivity contribution in [3.8, 4) is 0 Å². The second-order valence-corrected chi connectivity index (χ2v) is 5.66. The lowest BCUT2D eigenvalue weighted by Crippen LogP contribution is -2.29. The Kier molecular flexibility index (Phi) is 3.38. The second kappa shape index (κ2) is 5.17. The number of likely N-dealkylation sites (tertiary alicyclic amines) is 1. The molecule has 100 valence electrons. The summed E-state index contributed by atoms with van der Waals surface area (Å²) in [4.78, 5) is 15.1. The number of nitrogens with zero attached hydrogens (tertiary/aromatic N) is 2. The van der Waals surface area contributed by atoms with Gasteiger partial charge in [-0.1, -0.05) is 18.1 Å². The fourth-order valence-corrected chi connectivity index (χ4v) is 3.18. The number of aromatic nitrogens is 1. The van der Waals surface area contributed by atoms with Crippen LogP contribution in [0, 0.1) is 0 Å². The molecule has 1 saturated heterocycles. The average molecular weight is 276 g/mol. The van der Waals surface area contributed by atoms with Crippen LogP contribution in [0.2, 0.25) is 0 Å². The molecule has 1 aliphatic rings. The van der Waals surface area contributed by atoms with E-state index in [-0.39, 0.29) is 11.9 Å². The van der Waals surface area contributed by atoms with Gasteiger partial charge < -0.3 is 9.42 Å². The maximum Gasteiger partial charge on any atom is 0.264 e. The number of thiophene rings is 1. The van der Waals surface area contributed by atoms with E-state index < -0.39 is 0 Å². The van der Waals surface area contributed by atoms with Crippen LogP contribution in [0.5, 0.6) is 0 Å². The molecule has 0 spiro atoms. The third-order valence-corrected chi connectivity index (χ3v) is 4.37. The van der Waals surface area contributed by atoms with Gasteiger partial charge in [-0.3, -0.25) is 4.79 Å². The van der Waals surface area contributed by atoms with E-state index in [4.69, 9.17) is 4.52 Å². The molecule has 2 aromatic rings. The number of hydrogen-bond donors (Lipinski definition) is 0. The quantitative estimate of drug-likeness (QED) is 0.864. The van der Waals surface area contributed by atoms with Gasteiger partial charge in [-0.15, -0.1) is 11.3 Å². The highest BCUT2D eigenvalue weighted by Crippen LogP contribution is 2.34. The van der Waals surface area contributed by atoms with Crippen LogP contribution in [0.25, 0.3) is 0 Å². The maximum atomic E-state index is 12.4. The van der Waals surface area contributed by atoms with E-state index >= 15 is 0 Å². The van der Waals surface area contributed by atoms with E-state index in [0.29, 0.717) is 0 Å². The summed E-state index contributed by atoms with van der Waals surface area (Å²) < 4.78 is 5.40. The van der Waals surface area contributed by atoms with Crippen LogP contribution < -0.4 is 0 Å². The minimum Gasteiger partial charge on any atom is -0.359 e. The summed E-state index contributed by atoms with van der Waals surface area (Å²) in [6, 6.07) is 5.81. The first-order valence-electron chi connectivity index (χ1n) is 6.59. The van der Waals surface area contributed by atoms with Gasteiger partial charge in [0, 0.05) is 12.6 Å². The van der Waals surface area contributed by atoms with Gasteiger partial charge in [0.05, 0.1) is 16.6 Å². The van der Waals surface area contributed by atoms with E-state index in [9.17, 15) is 4.79 Å². The van der Waals surface area contributed by atoms with Crippen molar-refractivity contribution in [2.45, 2.75) is 32.2 Å². The lowest BCUT2D eigenvalue weighted by atomic mass is 10.1. The molecular weight excluding hydrogens is 260 g/mol. The largest absolute Gasteiger partial charge is 0.359 e. The van der Waals surface area contributed by atoms with E-state index in [2.05, 4.69) is 5.16 Å². The van der Waals surface area contributed by atoms with E-state index in [1.165, 1.54) is 11.3 Å². The lowest BCUT2D eigenvalue weighted by Gasteiger charge is -2.21. The molecule has 0 N–H and O–H groups in total. The summed E-state index contributed by atoms with van der Waals surface area (Å²) in [5, 5.41) is 5.96. The Labute approximate surface area is 116 Å². The molecule has 4 nitrogen and oxygen atoms in total. The molecule has 1 amide bonds. The number of aryl methyl sites for hydroxylation is 1. The molecular formula is C14H16N2O2S. The highest BCUT2D eigenvalue weighted by molar-refractivity contribution is 7.12. The molecule has 0 unspecified atom stereocenters. The van der Waals surface area contributed by atoms with Crippen molar-refractivity contribution in [3.63, 3.8) is 0 Å². The standard InChI is InChI=1S/C14H16N2O2S/c1-2-10-9-12(18-15-10)11-5-3-7-16(11)14(17)13-6-4-8-19-13/h4,6,8-9,11H,2-3,5,7H2,1H3/t11-/m0/s1. The zero-order valence-electron chi connectivity index (χ0n) is 10.8. The molecule has 2 aromatic heterocycles. The second-order valence-electron chi connectivity index (χ2n) is 4.71. The Hall–Kier alpha value is -1.62. The monoisotopic (exact) mass is 276 g/mol. The van der Waals surface area contributed by atoms with Crippen LogP contribution in [-0.2, 0) is 6.42 Å². The zero-order valence-corrected chi connectivity index (χ0v) is 11.7. The molecule has 0 aliphatic carbocycles. The van der Waals surface area contributed by atoms with E-state index in [1.807, 2.05) is 35.4 Å². The number of carbonyl (C=O) groups excluding carboxylic acids is 1. The molecule has 5 heteroatoms. The maximum absolute atomic E-state index is 12.4. The van der Waals surface area contributed by atoms with Crippen LogP contribution in [0.3, 0.4) is 0 Å². The van der Waals surface area contributed by atoms with Crippen molar-refractivity contribution in [1.82, 2.24) is 10.1 Å². The van der Waals surface area contributed by atoms with Crippen molar-refractivity contribution in [2.24, 2.45) is 0 Å². The molecule has 3 rings (SSSR count). The van der Waals surface area contributed by atoms with Crippen LogP contribution in [0.4, 0.5) is 0 Å². The fraction of sp³-hybridized carbons (Fsp3) is 0.429. The third-order valence-electron chi connectivity index (χ3n) is 3.51. The Balaban J connectivity index is 1.83. The van der Waals surface area contributed by atoms with Gasteiger partial charge >= 0.3 is 0 Å². The van der Waals surface area contributed by atoms with Gasteiger partial charge in [-0.25, -0.2) is 0 Å². The summed E-state index contributed by atoms with van der Waals surface area (Å²) in [5.74, 6) is 0.922. The van der Waals surface area contributed by atoms with Crippen molar-refractivity contribution in [1.29, 1.82) is 0 Å². The summed E-state index contributed by atoms with van der Waals surface area (Å²) in [6.45, 7) is 2.84. The number of carbonyl (C=O) groups is 1. The van der Waals surface area contributed by atoms with Crippen molar-refractivity contribution in [2.75, 3.05) is 6.54 Å². The molecule has 1 atom stereocenters. The van der Waals surface area contributed by atoms with Gasteiger partial charge in [0.25, 0.3) is 5.91 Å². The number of amides is 1. The summed E-state index contributed by atoms with van der Waals surface area (Å²) in [6.07, 6.45) is 2.83. The van der Waals surface area contributed by atoms with Gasteiger partial charge in [0.1, 0.15) is 0 Å². The Morgan fingerprint density at radius 3 is 3.21 bits per heavy atom. The molecule has 0 aromatic carbocycles. The fourth-order valence-electron chi connectivity index (χ4n) is 2.50. The minimum absolute atomic E-state index is 0.0439. The first-order chi connectivity index (χ1) is 9.29. The minimum atomic E-state index is 0.0439. The van der Waals surface area contributed by atoms with Crippen LogP contribution in [0.1, 0.15) is 46.9 Å². The predicted octanol–water partition coefficient (Wildman–Crippen LogP) is 3.28. The smallest absolute Gasteiger partial charge is 0.264 e. The predicted molar refractivity (Wildman–Crippen MR) is 73.2 cm³/mol. The number of hydrogen-bond acceptors (Lipinski definition) is 4. The normalized spacial score (nSPS) is 19.0. The Morgan fingerprint density at radius 1 is 1.63 bits per heavy atom. The van der Waals surface area contributed by atoms with E-state index in [1.54, 1.807) is 0 Å². The first-order valence-corrected chi connectivity index (χ1v) is 7.47. The van der Waals surface area contributed by atoms with Gasteiger partial charge in [0.15, 0.2) is 5.76 Å². The molecule has 3 heterocycles. The topological polar surface area (TPSA) is 46.3 Å². The summed E-state index contributed by atoms with van der Waals surface area (Å²) in [5.41, 5.74) is 0.949. The lowest BCUT2D eigenvalue weighted by molar-refractivity contribution is 0.0719. The Bertz CT molecular complexity index is 562. The first kappa shape index (κ1) is 12.4. The summed E-state index contributed by atoms with van der Waals surface area (Å²) in [7, 11) is 0. The molecule has 0 saturated carbocycles. The van der Waals surface area contributed by atoms with Crippen LogP contribution in [-0.4, -0.2) is 22.5 Å². The average Bonchev–Trinajstić information content (AvgIpc) is 3.16. The molecule has 1 aliphatic heterocycles. The highest BCUT2D eigenvalue weighted by Gasteiger charge is 2.33. The summed E-state index contributed by atoms with van der Waals surface area (Å²) >= 11 is 1.49. The van der Waals surface area contributed by atoms with Crippen molar-refractivity contribution < 1.29 is 9.32 Å².